The van der Waals surface area contributed by atoms with Crippen molar-refractivity contribution in [1.29, 1.82) is 0 Å². The third-order valence-corrected chi connectivity index (χ3v) is 3.75. The van der Waals surface area contributed by atoms with E-state index in [9.17, 15) is 4.79 Å². The standard InChI is InChI=1S/C11H17BrN4O/c1-16-11(17)10(12)9(7-14-16)15-8-4-2-3-5-13-6-8/h7-8,13,15H,2-6H2,1H3. The second kappa shape index (κ2) is 5.64. The topological polar surface area (TPSA) is 59.0 Å². The molecule has 1 atom stereocenters. The van der Waals surface area contributed by atoms with Gasteiger partial charge < -0.3 is 10.6 Å². The number of aryl methyl sites for hydroxylation is 1. The van der Waals surface area contributed by atoms with Gasteiger partial charge in [-0.1, -0.05) is 6.42 Å². The minimum atomic E-state index is -0.114. The quantitative estimate of drug-likeness (QED) is 0.859. The van der Waals surface area contributed by atoms with Crippen LogP contribution in [0.1, 0.15) is 19.3 Å². The molecule has 1 fully saturated rings. The number of rotatable bonds is 2. The Morgan fingerprint density at radius 1 is 1.59 bits per heavy atom. The second-order valence-corrected chi connectivity index (χ2v) is 5.14. The summed E-state index contributed by atoms with van der Waals surface area (Å²) in [6, 6.07) is 0.364. The largest absolute Gasteiger partial charge is 0.379 e. The van der Waals surface area contributed by atoms with E-state index in [1.54, 1.807) is 13.2 Å². The first-order chi connectivity index (χ1) is 8.18. The van der Waals surface area contributed by atoms with Crippen LogP contribution in [0.5, 0.6) is 0 Å². The van der Waals surface area contributed by atoms with Crippen molar-refractivity contribution in [2.45, 2.75) is 25.3 Å². The van der Waals surface area contributed by atoms with Crippen LogP contribution in [-0.2, 0) is 7.05 Å². The van der Waals surface area contributed by atoms with E-state index in [4.69, 9.17) is 0 Å². The maximum Gasteiger partial charge on any atom is 0.282 e. The van der Waals surface area contributed by atoms with E-state index >= 15 is 0 Å². The number of hydrogen-bond donors (Lipinski definition) is 2. The van der Waals surface area contributed by atoms with Crippen LogP contribution in [0.15, 0.2) is 15.5 Å². The van der Waals surface area contributed by atoms with Crippen molar-refractivity contribution in [2.24, 2.45) is 7.05 Å². The van der Waals surface area contributed by atoms with Crippen molar-refractivity contribution in [3.63, 3.8) is 0 Å². The SMILES string of the molecule is Cn1ncc(NC2CCCCNC2)c(Br)c1=O. The molecule has 1 aromatic rings. The molecule has 0 bridgehead atoms. The molecule has 1 unspecified atom stereocenters. The molecule has 5 nitrogen and oxygen atoms in total. The number of aromatic nitrogens is 2. The average molecular weight is 301 g/mol. The summed E-state index contributed by atoms with van der Waals surface area (Å²) in [5.41, 5.74) is 0.665. The molecule has 1 aliphatic rings. The summed E-state index contributed by atoms with van der Waals surface area (Å²) in [7, 11) is 1.64. The monoisotopic (exact) mass is 300 g/mol. The van der Waals surface area contributed by atoms with Gasteiger partial charge in [-0.2, -0.15) is 5.10 Å². The van der Waals surface area contributed by atoms with E-state index in [-0.39, 0.29) is 5.56 Å². The van der Waals surface area contributed by atoms with Crippen LogP contribution in [0, 0.1) is 0 Å². The minimum Gasteiger partial charge on any atom is -0.379 e. The molecule has 94 valence electrons. The van der Waals surface area contributed by atoms with E-state index < -0.39 is 0 Å². The molecule has 0 saturated carbocycles. The highest BCUT2D eigenvalue weighted by Crippen LogP contribution is 2.18. The third-order valence-electron chi connectivity index (χ3n) is 2.98. The van der Waals surface area contributed by atoms with E-state index in [1.807, 2.05) is 0 Å². The summed E-state index contributed by atoms with van der Waals surface area (Å²) in [6.45, 7) is 2.01. The predicted octanol–water partition coefficient (Wildman–Crippen LogP) is 1.10. The maximum absolute atomic E-state index is 11.7. The van der Waals surface area contributed by atoms with Gasteiger partial charge in [-0.3, -0.25) is 4.79 Å². The van der Waals surface area contributed by atoms with Gasteiger partial charge in [0.15, 0.2) is 0 Å². The number of halogens is 1. The second-order valence-electron chi connectivity index (χ2n) is 4.34. The fraction of sp³-hybridized carbons (Fsp3) is 0.636. The third kappa shape index (κ3) is 3.07. The molecule has 1 aromatic heterocycles. The minimum absolute atomic E-state index is 0.114. The highest BCUT2D eigenvalue weighted by Gasteiger charge is 2.14. The fourth-order valence-corrected chi connectivity index (χ4v) is 2.45. The smallest absolute Gasteiger partial charge is 0.282 e. The molecule has 2 N–H and O–H groups in total. The van der Waals surface area contributed by atoms with Gasteiger partial charge in [-0.15, -0.1) is 0 Å². The average Bonchev–Trinajstić information content (AvgIpc) is 2.59. The van der Waals surface area contributed by atoms with Gasteiger partial charge in [0, 0.05) is 19.6 Å². The molecule has 0 radical (unpaired) electrons. The van der Waals surface area contributed by atoms with E-state index in [1.165, 1.54) is 17.5 Å². The van der Waals surface area contributed by atoms with Crippen LogP contribution in [0.4, 0.5) is 5.69 Å². The molecule has 0 amide bonds. The highest BCUT2D eigenvalue weighted by atomic mass is 79.9. The Hall–Kier alpha value is -0.880. The lowest BCUT2D eigenvalue weighted by molar-refractivity contribution is 0.631. The van der Waals surface area contributed by atoms with Crippen molar-refractivity contribution in [3.05, 3.63) is 21.0 Å². The zero-order valence-electron chi connectivity index (χ0n) is 9.87. The maximum atomic E-state index is 11.7. The summed E-state index contributed by atoms with van der Waals surface area (Å²) < 4.78 is 1.87. The van der Waals surface area contributed by atoms with E-state index in [0.29, 0.717) is 10.5 Å². The molecule has 0 aromatic carbocycles. The Kier molecular flexibility index (Phi) is 4.17. The van der Waals surface area contributed by atoms with E-state index in [0.717, 1.165) is 25.2 Å². The van der Waals surface area contributed by atoms with Crippen LogP contribution >= 0.6 is 15.9 Å². The molecular weight excluding hydrogens is 284 g/mol. The van der Waals surface area contributed by atoms with Gasteiger partial charge in [-0.25, -0.2) is 4.68 Å². The van der Waals surface area contributed by atoms with Crippen LogP contribution in [0.25, 0.3) is 0 Å². The lowest BCUT2D eigenvalue weighted by Gasteiger charge is -2.18. The summed E-state index contributed by atoms with van der Waals surface area (Å²) >= 11 is 3.32. The normalized spacial score (nSPS) is 20.9. The van der Waals surface area contributed by atoms with Crippen molar-refractivity contribution >= 4 is 21.6 Å². The Morgan fingerprint density at radius 3 is 3.24 bits per heavy atom. The molecule has 0 spiro atoms. The van der Waals surface area contributed by atoms with Crippen LogP contribution in [0.2, 0.25) is 0 Å². The molecule has 0 aliphatic carbocycles. The lowest BCUT2D eigenvalue weighted by atomic mass is 10.1. The Balaban J connectivity index is 2.12. The lowest BCUT2D eigenvalue weighted by Crippen LogP contribution is -2.32. The van der Waals surface area contributed by atoms with Gasteiger partial charge in [0.1, 0.15) is 4.47 Å². The van der Waals surface area contributed by atoms with Crippen molar-refractivity contribution in [1.82, 2.24) is 15.1 Å². The summed E-state index contributed by atoms with van der Waals surface area (Å²) in [5, 5.41) is 10.8. The van der Waals surface area contributed by atoms with E-state index in [2.05, 4.69) is 31.7 Å². The predicted molar refractivity (Wildman–Crippen MR) is 71.3 cm³/mol. The van der Waals surface area contributed by atoms with Crippen molar-refractivity contribution in [2.75, 3.05) is 18.4 Å². The molecule has 1 saturated heterocycles. The first kappa shape index (κ1) is 12.6. The number of hydrogen-bond acceptors (Lipinski definition) is 4. The fourth-order valence-electron chi connectivity index (χ4n) is 1.97. The van der Waals surface area contributed by atoms with Crippen molar-refractivity contribution < 1.29 is 0 Å². The Bertz CT molecular complexity index is 438. The van der Waals surface area contributed by atoms with Crippen LogP contribution < -0.4 is 16.2 Å². The molecule has 17 heavy (non-hydrogen) atoms. The number of nitrogens with one attached hydrogen (secondary N) is 2. The first-order valence-corrected chi connectivity index (χ1v) is 6.67. The molecular formula is C11H17BrN4O. The van der Waals surface area contributed by atoms with Gasteiger partial charge >= 0.3 is 0 Å². The van der Waals surface area contributed by atoms with Gasteiger partial charge in [-0.05, 0) is 35.3 Å². The zero-order valence-corrected chi connectivity index (χ0v) is 11.5. The highest BCUT2D eigenvalue weighted by molar-refractivity contribution is 9.10. The Morgan fingerprint density at radius 2 is 2.41 bits per heavy atom. The molecule has 1 aliphatic heterocycles. The molecule has 2 rings (SSSR count). The van der Waals surface area contributed by atoms with Crippen LogP contribution in [0.3, 0.4) is 0 Å². The van der Waals surface area contributed by atoms with Gasteiger partial charge in [0.25, 0.3) is 5.56 Å². The summed E-state index contributed by atoms with van der Waals surface area (Å²) in [4.78, 5) is 11.7. The summed E-state index contributed by atoms with van der Waals surface area (Å²) in [5.74, 6) is 0. The molecule has 2 heterocycles. The van der Waals surface area contributed by atoms with Crippen molar-refractivity contribution in [3.8, 4) is 0 Å². The first-order valence-electron chi connectivity index (χ1n) is 5.87. The van der Waals surface area contributed by atoms with Gasteiger partial charge in [0.05, 0.1) is 11.9 Å². The van der Waals surface area contributed by atoms with Crippen LogP contribution in [-0.4, -0.2) is 28.9 Å². The molecule has 6 heteroatoms. The summed E-state index contributed by atoms with van der Waals surface area (Å²) in [6.07, 6.45) is 5.24. The zero-order chi connectivity index (χ0) is 12.3. The Labute approximate surface area is 109 Å². The number of nitrogens with zero attached hydrogens (tertiary/aromatic N) is 2. The number of anilines is 1. The van der Waals surface area contributed by atoms with Gasteiger partial charge in [0.2, 0.25) is 0 Å².